The van der Waals surface area contributed by atoms with Crippen LogP contribution in [0.5, 0.6) is 0 Å². The molecule has 0 aromatic heterocycles. The van der Waals surface area contributed by atoms with E-state index in [9.17, 15) is 9.59 Å². The molecule has 0 aliphatic carbocycles. The van der Waals surface area contributed by atoms with E-state index in [1.807, 2.05) is 20.8 Å². The third-order valence-electron chi connectivity index (χ3n) is 3.53. The highest BCUT2D eigenvalue weighted by Gasteiger charge is 2.27. The maximum Gasteiger partial charge on any atom is 0.303 e. The lowest BCUT2D eigenvalue weighted by Crippen LogP contribution is -2.48. The molecule has 118 valence electrons. The van der Waals surface area contributed by atoms with E-state index < -0.39 is 12.0 Å². The SMILES string of the molecule is CCCC(CCNC(=O)[C@H](N)C(C)(C)C)CCC(=O)O. The Hall–Kier alpha value is -1.10. The molecule has 0 heterocycles. The molecular weight excluding hydrogens is 256 g/mol. The Kier molecular flexibility index (Phi) is 8.46. The number of rotatable bonds is 9. The number of hydrogen-bond donors (Lipinski definition) is 3. The van der Waals surface area contributed by atoms with Crippen LogP contribution in [0, 0.1) is 11.3 Å². The topological polar surface area (TPSA) is 92.4 Å². The lowest BCUT2D eigenvalue weighted by molar-refractivity contribution is -0.137. The second-order valence-electron chi connectivity index (χ2n) is 6.51. The molecule has 0 aromatic carbocycles. The molecule has 5 heteroatoms. The molecule has 0 saturated heterocycles. The minimum atomic E-state index is -0.759. The number of amides is 1. The van der Waals surface area contributed by atoms with Crippen LogP contribution >= 0.6 is 0 Å². The predicted octanol–water partition coefficient (Wildman–Crippen LogP) is 2.15. The van der Waals surface area contributed by atoms with Crippen LogP contribution in [0.25, 0.3) is 0 Å². The van der Waals surface area contributed by atoms with Crippen LogP contribution in [-0.4, -0.2) is 29.6 Å². The number of carboxylic acids is 1. The molecule has 0 saturated carbocycles. The van der Waals surface area contributed by atoms with Crippen molar-refractivity contribution < 1.29 is 14.7 Å². The fourth-order valence-electron chi connectivity index (χ4n) is 2.07. The van der Waals surface area contributed by atoms with E-state index in [0.717, 1.165) is 19.3 Å². The molecule has 2 atom stereocenters. The van der Waals surface area contributed by atoms with Gasteiger partial charge in [0.1, 0.15) is 0 Å². The molecule has 0 aliphatic rings. The summed E-state index contributed by atoms with van der Waals surface area (Å²) in [5, 5.41) is 11.6. The van der Waals surface area contributed by atoms with Crippen molar-refractivity contribution in [3.05, 3.63) is 0 Å². The van der Waals surface area contributed by atoms with Crippen LogP contribution in [-0.2, 0) is 9.59 Å². The van der Waals surface area contributed by atoms with E-state index in [1.54, 1.807) is 0 Å². The molecule has 0 aliphatic heterocycles. The Morgan fingerprint density at radius 1 is 1.20 bits per heavy atom. The summed E-state index contributed by atoms with van der Waals surface area (Å²) in [6.45, 7) is 8.45. The Balaban J connectivity index is 4.10. The Morgan fingerprint density at radius 2 is 1.80 bits per heavy atom. The van der Waals surface area contributed by atoms with Crippen molar-refractivity contribution >= 4 is 11.9 Å². The molecule has 0 fully saturated rings. The van der Waals surface area contributed by atoms with E-state index in [0.29, 0.717) is 18.9 Å². The monoisotopic (exact) mass is 286 g/mol. The first-order valence-corrected chi connectivity index (χ1v) is 7.43. The maximum absolute atomic E-state index is 11.9. The second kappa shape index (κ2) is 8.95. The zero-order valence-corrected chi connectivity index (χ0v) is 13.2. The third-order valence-corrected chi connectivity index (χ3v) is 3.53. The van der Waals surface area contributed by atoms with Crippen molar-refractivity contribution in [3.8, 4) is 0 Å². The average molecular weight is 286 g/mol. The first kappa shape index (κ1) is 18.9. The van der Waals surface area contributed by atoms with Gasteiger partial charge in [-0.3, -0.25) is 9.59 Å². The van der Waals surface area contributed by atoms with Gasteiger partial charge < -0.3 is 16.2 Å². The summed E-state index contributed by atoms with van der Waals surface area (Å²) in [6.07, 6.45) is 3.70. The van der Waals surface area contributed by atoms with Crippen molar-refractivity contribution in [2.24, 2.45) is 17.1 Å². The van der Waals surface area contributed by atoms with Crippen molar-refractivity contribution in [2.75, 3.05) is 6.54 Å². The van der Waals surface area contributed by atoms with Gasteiger partial charge in [-0.05, 0) is 24.2 Å². The minimum Gasteiger partial charge on any atom is -0.481 e. The van der Waals surface area contributed by atoms with E-state index >= 15 is 0 Å². The summed E-state index contributed by atoms with van der Waals surface area (Å²) in [7, 11) is 0. The van der Waals surface area contributed by atoms with Gasteiger partial charge in [-0.2, -0.15) is 0 Å². The van der Waals surface area contributed by atoms with E-state index in [2.05, 4.69) is 12.2 Å². The van der Waals surface area contributed by atoms with Gasteiger partial charge in [-0.25, -0.2) is 0 Å². The third kappa shape index (κ3) is 8.15. The highest BCUT2D eigenvalue weighted by molar-refractivity contribution is 5.82. The molecule has 20 heavy (non-hydrogen) atoms. The second-order valence-corrected chi connectivity index (χ2v) is 6.51. The fourth-order valence-corrected chi connectivity index (χ4v) is 2.07. The minimum absolute atomic E-state index is 0.133. The number of hydrogen-bond acceptors (Lipinski definition) is 3. The van der Waals surface area contributed by atoms with Gasteiger partial charge in [0.05, 0.1) is 6.04 Å². The van der Waals surface area contributed by atoms with E-state index in [-0.39, 0.29) is 17.7 Å². The van der Waals surface area contributed by atoms with Gasteiger partial charge in [0, 0.05) is 13.0 Å². The van der Waals surface area contributed by atoms with Crippen LogP contribution in [0.3, 0.4) is 0 Å². The van der Waals surface area contributed by atoms with Gasteiger partial charge in [-0.15, -0.1) is 0 Å². The standard InChI is InChI=1S/C15H30N2O3/c1-5-6-11(7-8-12(18)19)9-10-17-14(20)13(16)15(2,3)4/h11,13H,5-10,16H2,1-4H3,(H,17,20)(H,18,19)/t11?,13-/m0/s1. The molecule has 1 unspecified atom stereocenters. The summed E-state index contributed by atoms with van der Waals surface area (Å²) >= 11 is 0. The zero-order valence-electron chi connectivity index (χ0n) is 13.2. The molecule has 0 spiro atoms. The quantitative estimate of drug-likeness (QED) is 0.605. The Bertz CT molecular complexity index is 311. The lowest BCUT2D eigenvalue weighted by Gasteiger charge is -2.26. The van der Waals surface area contributed by atoms with Gasteiger partial charge in [0.25, 0.3) is 0 Å². The number of nitrogens with one attached hydrogen (secondary N) is 1. The van der Waals surface area contributed by atoms with Crippen LogP contribution < -0.4 is 11.1 Å². The molecule has 0 aromatic rings. The van der Waals surface area contributed by atoms with Crippen LogP contribution in [0.1, 0.15) is 59.8 Å². The van der Waals surface area contributed by atoms with Crippen LogP contribution in [0.4, 0.5) is 0 Å². The van der Waals surface area contributed by atoms with Crippen LogP contribution in [0.15, 0.2) is 0 Å². The number of carboxylic acid groups (broad SMARTS) is 1. The van der Waals surface area contributed by atoms with Crippen molar-refractivity contribution in [1.29, 1.82) is 0 Å². The lowest BCUT2D eigenvalue weighted by atomic mass is 9.87. The highest BCUT2D eigenvalue weighted by Crippen LogP contribution is 2.19. The maximum atomic E-state index is 11.9. The average Bonchev–Trinajstić information content (AvgIpc) is 2.33. The number of carbonyl (C=O) groups is 2. The molecule has 0 rings (SSSR count). The van der Waals surface area contributed by atoms with Crippen molar-refractivity contribution in [3.63, 3.8) is 0 Å². The summed E-state index contributed by atoms with van der Waals surface area (Å²) in [5.41, 5.74) is 5.62. The summed E-state index contributed by atoms with van der Waals surface area (Å²) in [5.74, 6) is -0.543. The fraction of sp³-hybridized carbons (Fsp3) is 0.867. The molecule has 5 nitrogen and oxygen atoms in total. The molecule has 4 N–H and O–H groups in total. The molecule has 0 bridgehead atoms. The highest BCUT2D eigenvalue weighted by atomic mass is 16.4. The Morgan fingerprint density at radius 3 is 2.25 bits per heavy atom. The first-order valence-electron chi connectivity index (χ1n) is 7.43. The van der Waals surface area contributed by atoms with E-state index in [1.165, 1.54) is 0 Å². The largest absolute Gasteiger partial charge is 0.481 e. The van der Waals surface area contributed by atoms with E-state index in [4.69, 9.17) is 10.8 Å². The summed E-state index contributed by atoms with van der Waals surface area (Å²) < 4.78 is 0. The predicted molar refractivity (Wildman–Crippen MR) is 80.3 cm³/mol. The van der Waals surface area contributed by atoms with Gasteiger partial charge in [-0.1, -0.05) is 40.5 Å². The van der Waals surface area contributed by atoms with Gasteiger partial charge >= 0.3 is 5.97 Å². The number of carbonyl (C=O) groups excluding carboxylic acids is 1. The normalized spacial score (nSPS) is 14.7. The molecule has 1 amide bonds. The van der Waals surface area contributed by atoms with Gasteiger partial charge in [0.2, 0.25) is 5.91 Å². The smallest absolute Gasteiger partial charge is 0.303 e. The van der Waals surface area contributed by atoms with Gasteiger partial charge in [0.15, 0.2) is 0 Å². The Labute approximate surface area is 122 Å². The molecule has 0 radical (unpaired) electrons. The molecular formula is C15H30N2O3. The zero-order chi connectivity index (χ0) is 15.8. The summed E-state index contributed by atoms with van der Waals surface area (Å²) in [6, 6.07) is -0.522. The first-order chi connectivity index (χ1) is 9.18. The van der Waals surface area contributed by atoms with Crippen LogP contribution in [0.2, 0.25) is 0 Å². The number of aliphatic carboxylic acids is 1. The summed E-state index contributed by atoms with van der Waals surface area (Å²) in [4.78, 5) is 22.5. The number of nitrogens with two attached hydrogens (primary N) is 1. The van der Waals surface area contributed by atoms with Crippen molar-refractivity contribution in [2.45, 2.75) is 65.8 Å². The van der Waals surface area contributed by atoms with Crippen molar-refractivity contribution in [1.82, 2.24) is 5.32 Å².